The van der Waals surface area contributed by atoms with Crippen molar-refractivity contribution in [2.24, 2.45) is 5.73 Å². The zero-order valence-corrected chi connectivity index (χ0v) is 12.6. The van der Waals surface area contributed by atoms with Gasteiger partial charge >= 0.3 is 12.2 Å². The van der Waals surface area contributed by atoms with Gasteiger partial charge in [0.2, 0.25) is 0 Å². The highest BCUT2D eigenvalue weighted by Gasteiger charge is 2.12. The quantitative estimate of drug-likeness (QED) is 0.843. The summed E-state index contributed by atoms with van der Waals surface area (Å²) in [5.41, 5.74) is 5.05. The molecule has 118 valence electrons. The van der Waals surface area contributed by atoms with Gasteiger partial charge in [-0.05, 0) is 18.4 Å². The van der Waals surface area contributed by atoms with E-state index in [-0.39, 0.29) is 6.09 Å². The fourth-order valence-corrected chi connectivity index (χ4v) is 1.64. The van der Waals surface area contributed by atoms with Crippen molar-refractivity contribution in [1.82, 2.24) is 4.90 Å². The SMILES string of the molecule is CCCN(CCC)C(=O)OCc1ccccc1.NC(=O)O. The minimum atomic E-state index is -1.33. The molecule has 0 aliphatic rings. The first-order chi connectivity index (χ1) is 10.0. The summed E-state index contributed by atoms with van der Waals surface area (Å²) in [5, 5.41) is 7.19. The largest absolute Gasteiger partial charge is 0.465 e. The van der Waals surface area contributed by atoms with Gasteiger partial charge in [-0.3, -0.25) is 0 Å². The topological polar surface area (TPSA) is 92.9 Å². The Kier molecular flexibility index (Phi) is 10.3. The number of nitrogens with zero attached hydrogens (tertiary/aromatic N) is 1. The Morgan fingerprint density at radius 2 is 1.62 bits per heavy atom. The van der Waals surface area contributed by atoms with Crippen molar-refractivity contribution >= 4 is 12.2 Å². The molecule has 0 spiro atoms. The third-order valence-corrected chi connectivity index (χ3v) is 2.45. The number of carbonyl (C=O) groups excluding carboxylic acids is 1. The number of hydrogen-bond donors (Lipinski definition) is 2. The highest BCUT2D eigenvalue weighted by molar-refractivity contribution is 5.67. The van der Waals surface area contributed by atoms with Crippen molar-refractivity contribution in [2.75, 3.05) is 13.1 Å². The third kappa shape index (κ3) is 10.2. The number of hydrogen-bond acceptors (Lipinski definition) is 3. The van der Waals surface area contributed by atoms with E-state index in [4.69, 9.17) is 14.6 Å². The Labute approximate surface area is 125 Å². The van der Waals surface area contributed by atoms with Crippen LogP contribution in [0.5, 0.6) is 0 Å². The second-order valence-electron chi connectivity index (χ2n) is 4.37. The van der Waals surface area contributed by atoms with Gasteiger partial charge in [0.25, 0.3) is 0 Å². The maximum atomic E-state index is 11.8. The van der Waals surface area contributed by atoms with Crippen LogP contribution in [-0.2, 0) is 11.3 Å². The molecule has 21 heavy (non-hydrogen) atoms. The van der Waals surface area contributed by atoms with E-state index in [2.05, 4.69) is 19.6 Å². The number of ether oxygens (including phenoxy) is 1. The standard InChI is InChI=1S/C14H21NO2.CH3NO2/c1-3-10-15(11-4-2)14(16)17-12-13-8-6-5-7-9-13;2-1(3)4/h5-9H,3-4,10-12H2,1-2H3;2H2,(H,3,4). The normalized spacial score (nSPS) is 9.24. The summed E-state index contributed by atoms with van der Waals surface area (Å²) in [7, 11) is 0. The molecule has 0 aromatic heterocycles. The maximum Gasteiger partial charge on any atom is 0.410 e. The summed E-state index contributed by atoms with van der Waals surface area (Å²) >= 11 is 0. The second-order valence-corrected chi connectivity index (χ2v) is 4.37. The van der Waals surface area contributed by atoms with Gasteiger partial charge in [-0.1, -0.05) is 44.2 Å². The molecular formula is C15H24N2O4. The van der Waals surface area contributed by atoms with Crippen LogP contribution in [0.15, 0.2) is 30.3 Å². The lowest BCUT2D eigenvalue weighted by Gasteiger charge is -2.20. The second kappa shape index (κ2) is 11.6. The van der Waals surface area contributed by atoms with Crippen molar-refractivity contribution < 1.29 is 19.4 Å². The van der Waals surface area contributed by atoms with Gasteiger partial charge in [0.05, 0.1) is 0 Å². The van der Waals surface area contributed by atoms with E-state index in [1.807, 2.05) is 30.3 Å². The van der Waals surface area contributed by atoms with E-state index in [9.17, 15) is 4.79 Å². The average molecular weight is 296 g/mol. The van der Waals surface area contributed by atoms with Gasteiger partial charge in [0.15, 0.2) is 0 Å². The number of primary amides is 1. The van der Waals surface area contributed by atoms with E-state index in [1.165, 1.54) is 0 Å². The molecule has 0 fully saturated rings. The summed E-state index contributed by atoms with van der Waals surface area (Å²) in [6.07, 6.45) is 0.374. The predicted molar refractivity (Wildman–Crippen MR) is 81.0 cm³/mol. The van der Waals surface area contributed by atoms with Crippen LogP contribution >= 0.6 is 0 Å². The average Bonchev–Trinajstić information content (AvgIpc) is 2.45. The van der Waals surface area contributed by atoms with Crippen LogP contribution in [0.2, 0.25) is 0 Å². The van der Waals surface area contributed by atoms with E-state index < -0.39 is 6.09 Å². The molecule has 0 atom stereocenters. The molecule has 3 N–H and O–H groups in total. The number of nitrogens with two attached hydrogens (primary N) is 1. The van der Waals surface area contributed by atoms with Gasteiger partial charge in [0, 0.05) is 13.1 Å². The lowest BCUT2D eigenvalue weighted by molar-refractivity contribution is 0.0961. The zero-order chi connectivity index (χ0) is 16.1. The van der Waals surface area contributed by atoms with Crippen LogP contribution in [0.1, 0.15) is 32.3 Å². The van der Waals surface area contributed by atoms with Crippen molar-refractivity contribution in [1.29, 1.82) is 0 Å². The molecule has 0 saturated heterocycles. The van der Waals surface area contributed by atoms with Crippen LogP contribution in [0.3, 0.4) is 0 Å². The molecule has 6 heteroatoms. The fourth-order valence-electron chi connectivity index (χ4n) is 1.64. The van der Waals surface area contributed by atoms with Crippen molar-refractivity contribution in [2.45, 2.75) is 33.3 Å². The van der Waals surface area contributed by atoms with Crippen LogP contribution in [-0.4, -0.2) is 35.3 Å². The molecule has 1 rings (SSSR count). The number of rotatable bonds is 6. The molecule has 2 amide bonds. The first-order valence-electron chi connectivity index (χ1n) is 6.95. The predicted octanol–water partition coefficient (Wildman–Crippen LogP) is 3.07. The molecule has 0 bridgehead atoms. The smallest absolute Gasteiger partial charge is 0.410 e. The zero-order valence-electron chi connectivity index (χ0n) is 12.6. The van der Waals surface area contributed by atoms with Gasteiger partial charge < -0.3 is 20.5 Å². The lowest BCUT2D eigenvalue weighted by atomic mass is 10.2. The summed E-state index contributed by atoms with van der Waals surface area (Å²) in [5.74, 6) is 0. The Morgan fingerprint density at radius 1 is 1.14 bits per heavy atom. The molecule has 0 radical (unpaired) electrons. The first-order valence-corrected chi connectivity index (χ1v) is 6.95. The minimum absolute atomic E-state index is 0.211. The summed E-state index contributed by atoms with van der Waals surface area (Å²) in [6, 6.07) is 9.75. The highest BCUT2D eigenvalue weighted by Crippen LogP contribution is 2.04. The first kappa shape index (κ1) is 18.8. The van der Waals surface area contributed by atoms with Crippen LogP contribution in [0, 0.1) is 0 Å². The number of carbonyl (C=O) groups is 2. The van der Waals surface area contributed by atoms with E-state index in [1.54, 1.807) is 4.90 Å². The Balaban J connectivity index is 0.000000885. The highest BCUT2D eigenvalue weighted by atomic mass is 16.6. The fraction of sp³-hybridized carbons (Fsp3) is 0.467. The number of carboxylic acid groups (broad SMARTS) is 1. The van der Waals surface area contributed by atoms with Crippen molar-refractivity contribution in [3.63, 3.8) is 0 Å². The lowest BCUT2D eigenvalue weighted by Crippen LogP contribution is -2.32. The Hall–Kier alpha value is -2.24. The Bertz CT molecular complexity index is 399. The maximum absolute atomic E-state index is 11.8. The third-order valence-electron chi connectivity index (χ3n) is 2.45. The molecule has 6 nitrogen and oxygen atoms in total. The van der Waals surface area contributed by atoms with Crippen LogP contribution < -0.4 is 5.73 Å². The molecule has 0 aliphatic heterocycles. The van der Waals surface area contributed by atoms with Gasteiger partial charge in [0.1, 0.15) is 6.61 Å². The molecule has 0 unspecified atom stereocenters. The number of benzene rings is 1. The molecular weight excluding hydrogens is 272 g/mol. The molecule has 0 heterocycles. The monoisotopic (exact) mass is 296 g/mol. The van der Waals surface area contributed by atoms with Crippen LogP contribution in [0.4, 0.5) is 9.59 Å². The van der Waals surface area contributed by atoms with Crippen molar-refractivity contribution in [3.8, 4) is 0 Å². The molecule has 1 aromatic rings. The van der Waals surface area contributed by atoms with E-state index in [0.29, 0.717) is 6.61 Å². The van der Waals surface area contributed by atoms with Gasteiger partial charge in [-0.25, -0.2) is 9.59 Å². The summed E-state index contributed by atoms with van der Waals surface area (Å²) < 4.78 is 5.28. The van der Waals surface area contributed by atoms with E-state index >= 15 is 0 Å². The molecule has 1 aromatic carbocycles. The number of amides is 2. The van der Waals surface area contributed by atoms with Crippen molar-refractivity contribution in [3.05, 3.63) is 35.9 Å². The van der Waals surface area contributed by atoms with E-state index in [0.717, 1.165) is 31.5 Å². The Morgan fingerprint density at radius 3 is 2.05 bits per heavy atom. The summed E-state index contributed by atoms with van der Waals surface area (Å²) in [4.78, 5) is 22.3. The molecule has 0 saturated carbocycles. The van der Waals surface area contributed by atoms with Gasteiger partial charge in [-0.15, -0.1) is 0 Å². The summed E-state index contributed by atoms with van der Waals surface area (Å²) in [6.45, 7) is 6.01. The minimum Gasteiger partial charge on any atom is -0.465 e. The van der Waals surface area contributed by atoms with Crippen LogP contribution in [0.25, 0.3) is 0 Å². The molecule has 0 aliphatic carbocycles. The van der Waals surface area contributed by atoms with Gasteiger partial charge in [-0.2, -0.15) is 0 Å².